The summed E-state index contributed by atoms with van der Waals surface area (Å²) in [4.78, 5) is 6.56. The summed E-state index contributed by atoms with van der Waals surface area (Å²) in [6.45, 7) is 7.22. The number of pyridine rings is 1. The Kier molecular flexibility index (Phi) is 5.58. The van der Waals surface area contributed by atoms with E-state index in [0.717, 1.165) is 25.3 Å². The van der Waals surface area contributed by atoms with E-state index in [1.165, 1.54) is 5.56 Å². The fourth-order valence-corrected chi connectivity index (χ4v) is 2.57. The molecule has 2 rings (SSSR count). The van der Waals surface area contributed by atoms with Crippen molar-refractivity contribution in [3.63, 3.8) is 0 Å². The van der Waals surface area contributed by atoms with E-state index >= 15 is 0 Å². The zero-order valence-electron chi connectivity index (χ0n) is 12.8. The average molecular weight is 284 g/mol. The van der Waals surface area contributed by atoms with Crippen molar-refractivity contribution in [1.29, 1.82) is 0 Å². The quantitative estimate of drug-likeness (QED) is 0.820. The Bertz CT molecular complexity index is 537. The van der Waals surface area contributed by atoms with Crippen LogP contribution >= 0.6 is 0 Å². The molecule has 1 atom stereocenters. The van der Waals surface area contributed by atoms with Gasteiger partial charge < -0.3 is 11.1 Å². The fraction of sp³-hybridized carbons (Fsp3) is 0.353. The first-order valence-corrected chi connectivity index (χ1v) is 7.49. The Hall–Kier alpha value is -2.07. The maximum absolute atomic E-state index is 5.90. The number of hydrogen-bond donors (Lipinski definition) is 2. The Morgan fingerprint density at radius 2 is 1.81 bits per heavy atom. The molecule has 1 aromatic carbocycles. The van der Waals surface area contributed by atoms with E-state index in [1.807, 2.05) is 12.1 Å². The minimum atomic E-state index is 0.320. The molecule has 0 aliphatic rings. The first-order valence-electron chi connectivity index (χ1n) is 7.49. The highest BCUT2D eigenvalue weighted by molar-refractivity contribution is 5.60. The van der Waals surface area contributed by atoms with Crippen molar-refractivity contribution in [1.82, 2.24) is 9.88 Å². The van der Waals surface area contributed by atoms with Crippen molar-refractivity contribution in [2.24, 2.45) is 0 Å². The fourth-order valence-electron chi connectivity index (χ4n) is 2.57. The van der Waals surface area contributed by atoms with E-state index < -0.39 is 0 Å². The highest BCUT2D eigenvalue weighted by Crippen LogP contribution is 2.22. The van der Waals surface area contributed by atoms with Crippen molar-refractivity contribution in [3.05, 3.63) is 54.2 Å². The van der Waals surface area contributed by atoms with E-state index in [0.29, 0.717) is 11.9 Å². The van der Waals surface area contributed by atoms with Gasteiger partial charge in [-0.05, 0) is 30.8 Å². The standard InChI is InChI=1S/C17H24N4/c1-3-21(4-2)16(14-9-6-5-7-10-14)13-20-15-11-8-12-19-17(15)18/h5-12,16,20H,3-4,13H2,1-2H3,(H2,18,19). The molecule has 4 nitrogen and oxygen atoms in total. The molecular formula is C17H24N4. The highest BCUT2D eigenvalue weighted by Gasteiger charge is 2.17. The highest BCUT2D eigenvalue weighted by atomic mass is 15.2. The number of likely N-dealkylation sites (N-methyl/N-ethyl adjacent to an activating group) is 1. The summed E-state index contributed by atoms with van der Waals surface area (Å²) in [6, 6.07) is 14.8. The third kappa shape index (κ3) is 3.95. The molecule has 3 N–H and O–H groups in total. The second-order valence-electron chi connectivity index (χ2n) is 4.96. The summed E-state index contributed by atoms with van der Waals surface area (Å²) >= 11 is 0. The van der Waals surface area contributed by atoms with Gasteiger partial charge >= 0.3 is 0 Å². The number of nitrogen functional groups attached to an aromatic ring is 1. The molecule has 0 saturated carbocycles. The third-order valence-electron chi connectivity index (χ3n) is 3.76. The van der Waals surface area contributed by atoms with Gasteiger partial charge in [0, 0.05) is 12.7 Å². The van der Waals surface area contributed by atoms with Crippen LogP contribution in [0.5, 0.6) is 0 Å². The summed E-state index contributed by atoms with van der Waals surface area (Å²) in [5.41, 5.74) is 8.11. The summed E-state index contributed by atoms with van der Waals surface area (Å²) in [7, 11) is 0. The zero-order valence-corrected chi connectivity index (χ0v) is 12.8. The Labute approximate surface area is 127 Å². The first kappa shape index (κ1) is 15.3. The number of anilines is 2. The molecule has 0 aliphatic carbocycles. The Morgan fingerprint density at radius 1 is 1.10 bits per heavy atom. The predicted octanol–water partition coefficient (Wildman–Crippen LogP) is 3.16. The number of nitrogens with zero attached hydrogens (tertiary/aromatic N) is 2. The average Bonchev–Trinajstić information content (AvgIpc) is 2.54. The number of rotatable bonds is 7. The van der Waals surface area contributed by atoms with Crippen LogP contribution in [0.3, 0.4) is 0 Å². The van der Waals surface area contributed by atoms with Crippen LogP contribution in [0.4, 0.5) is 11.5 Å². The van der Waals surface area contributed by atoms with Crippen LogP contribution in [0.15, 0.2) is 48.7 Å². The summed E-state index contributed by atoms with van der Waals surface area (Å²) < 4.78 is 0. The number of nitrogens with one attached hydrogen (secondary N) is 1. The molecule has 0 radical (unpaired) electrons. The van der Waals surface area contributed by atoms with Crippen molar-refractivity contribution in [3.8, 4) is 0 Å². The second-order valence-corrected chi connectivity index (χ2v) is 4.96. The van der Waals surface area contributed by atoms with Crippen molar-refractivity contribution in [2.75, 3.05) is 30.7 Å². The second kappa shape index (κ2) is 7.64. The summed E-state index contributed by atoms with van der Waals surface area (Å²) in [5.74, 6) is 0.545. The molecule has 1 unspecified atom stereocenters. The molecule has 0 amide bonds. The van der Waals surface area contributed by atoms with Crippen LogP contribution < -0.4 is 11.1 Å². The lowest BCUT2D eigenvalue weighted by molar-refractivity contribution is 0.228. The lowest BCUT2D eigenvalue weighted by atomic mass is 10.0. The molecule has 0 bridgehead atoms. The lowest BCUT2D eigenvalue weighted by Gasteiger charge is -2.30. The molecular weight excluding hydrogens is 260 g/mol. The van der Waals surface area contributed by atoms with E-state index in [4.69, 9.17) is 5.73 Å². The number of hydrogen-bond acceptors (Lipinski definition) is 4. The predicted molar refractivity (Wildman–Crippen MR) is 89.2 cm³/mol. The first-order chi connectivity index (χ1) is 10.3. The van der Waals surface area contributed by atoms with Gasteiger partial charge in [0.2, 0.25) is 0 Å². The summed E-state index contributed by atoms with van der Waals surface area (Å²) in [5, 5.41) is 3.43. The minimum absolute atomic E-state index is 0.320. The van der Waals surface area contributed by atoms with Gasteiger partial charge in [-0.15, -0.1) is 0 Å². The molecule has 112 valence electrons. The molecule has 0 spiro atoms. The van der Waals surface area contributed by atoms with E-state index in [-0.39, 0.29) is 0 Å². The van der Waals surface area contributed by atoms with Gasteiger partial charge in [-0.2, -0.15) is 0 Å². The van der Waals surface area contributed by atoms with Crippen LogP contribution in [0, 0.1) is 0 Å². The number of aromatic nitrogens is 1. The van der Waals surface area contributed by atoms with Crippen LogP contribution in [0.1, 0.15) is 25.5 Å². The van der Waals surface area contributed by atoms with Crippen LogP contribution in [0.25, 0.3) is 0 Å². The van der Waals surface area contributed by atoms with Gasteiger partial charge in [-0.1, -0.05) is 44.2 Å². The third-order valence-corrected chi connectivity index (χ3v) is 3.76. The SMILES string of the molecule is CCN(CC)C(CNc1cccnc1N)c1ccccc1. The molecule has 1 aromatic heterocycles. The Morgan fingerprint density at radius 3 is 2.43 bits per heavy atom. The normalized spacial score (nSPS) is 12.3. The largest absolute Gasteiger partial charge is 0.382 e. The van der Waals surface area contributed by atoms with E-state index in [9.17, 15) is 0 Å². The summed E-state index contributed by atoms with van der Waals surface area (Å²) in [6.07, 6.45) is 1.71. The van der Waals surface area contributed by atoms with Crippen LogP contribution in [-0.4, -0.2) is 29.5 Å². The van der Waals surface area contributed by atoms with E-state index in [2.05, 4.69) is 59.4 Å². The molecule has 21 heavy (non-hydrogen) atoms. The van der Waals surface area contributed by atoms with Gasteiger partial charge in [0.25, 0.3) is 0 Å². The van der Waals surface area contributed by atoms with E-state index in [1.54, 1.807) is 6.20 Å². The van der Waals surface area contributed by atoms with Crippen molar-refractivity contribution >= 4 is 11.5 Å². The number of nitrogens with two attached hydrogens (primary N) is 1. The monoisotopic (exact) mass is 284 g/mol. The maximum Gasteiger partial charge on any atom is 0.146 e. The van der Waals surface area contributed by atoms with Crippen LogP contribution in [0.2, 0.25) is 0 Å². The molecule has 0 fully saturated rings. The van der Waals surface area contributed by atoms with Gasteiger partial charge in [0.1, 0.15) is 5.82 Å². The van der Waals surface area contributed by atoms with Crippen molar-refractivity contribution < 1.29 is 0 Å². The molecule has 1 heterocycles. The molecule has 0 aliphatic heterocycles. The molecule has 4 heteroatoms. The maximum atomic E-state index is 5.90. The Balaban J connectivity index is 2.15. The van der Waals surface area contributed by atoms with Crippen LogP contribution in [-0.2, 0) is 0 Å². The molecule has 0 saturated heterocycles. The minimum Gasteiger partial charge on any atom is -0.382 e. The number of benzene rings is 1. The molecule has 2 aromatic rings. The smallest absolute Gasteiger partial charge is 0.146 e. The van der Waals surface area contributed by atoms with Crippen molar-refractivity contribution in [2.45, 2.75) is 19.9 Å². The lowest BCUT2D eigenvalue weighted by Crippen LogP contribution is -2.33. The van der Waals surface area contributed by atoms with Gasteiger partial charge in [0.15, 0.2) is 0 Å². The van der Waals surface area contributed by atoms with Gasteiger partial charge in [-0.3, -0.25) is 4.90 Å². The van der Waals surface area contributed by atoms with Gasteiger partial charge in [0.05, 0.1) is 11.7 Å². The van der Waals surface area contributed by atoms with Gasteiger partial charge in [-0.25, -0.2) is 4.98 Å². The zero-order chi connectivity index (χ0) is 15.1. The topological polar surface area (TPSA) is 54.2 Å².